The first kappa shape index (κ1) is 24.1. The van der Waals surface area contributed by atoms with E-state index in [1.165, 1.54) is 4.90 Å². The predicted molar refractivity (Wildman–Crippen MR) is 106 cm³/mol. The Morgan fingerprint density at radius 3 is 2.21 bits per heavy atom. The smallest absolute Gasteiger partial charge is 0.416 e. The third-order valence-electron chi connectivity index (χ3n) is 5.13. The number of likely N-dealkylation sites (tertiary alicyclic amines) is 1. The van der Waals surface area contributed by atoms with Crippen LogP contribution in [0.5, 0.6) is 0 Å². The molecule has 1 fully saturated rings. The van der Waals surface area contributed by atoms with Gasteiger partial charge in [0.2, 0.25) is 0 Å². The second-order valence-corrected chi connectivity index (χ2v) is 7.42. The van der Waals surface area contributed by atoms with Crippen molar-refractivity contribution in [3.8, 4) is 0 Å². The van der Waals surface area contributed by atoms with Gasteiger partial charge in [-0.15, -0.1) is 0 Å². The number of alkyl halides is 3. The maximum atomic E-state index is 13.6. The van der Waals surface area contributed by atoms with Gasteiger partial charge in [0, 0.05) is 24.7 Å². The highest BCUT2D eigenvalue weighted by Gasteiger charge is 2.32. The number of ether oxygens (including phenoxy) is 1. The Labute approximate surface area is 185 Å². The quantitative estimate of drug-likeness (QED) is 0.529. The fourth-order valence-electron chi connectivity index (χ4n) is 3.33. The van der Waals surface area contributed by atoms with E-state index in [1.807, 2.05) is 0 Å². The molecule has 2 amide bonds. The van der Waals surface area contributed by atoms with E-state index in [1.54, 1.807) is 0 Å². The molecule has 1 aliphatic rings. The van der Waals surface area contributed by atoms with Crippen LogP contribution in [0.25, 0.3) is 0 Å². The lowest BCUT2D eigenvalue weighted by Crippen LogP contribution is -2.41. The minimum Gasteiger partial charge on any atom is -0.455 e. The Morgan fingerprint density at radius 2 is 1.64 bits per heavy atom. The molecule has 11 heteroatoms. The molecule has 0 aliphatic carbocycles. The van der Waals surface area contributed by atoms with Crippen LogP contribution in [-0.2, 0) is 20.5 Å². The maximum absolute atomic E-state index is 13.6. The third kappa shape index (κ3) is 6.27. The van der Waals surface area contributed by atoms with Crippen LogP contribution in [0.4, 0.5) is 27.6 Å². The molecule has 2 aromatic rings. The third-order valence-corrected chi connectivity index (χ3v) is 5.13. The van der Waals surface area contributed by atoms with Gasteiger partial charge in [0.25, 0.3) is 11.8 Å². The van der Waals surface area contributed by atoms with Crippen LogP contribution in [0, 0.1) is 17.6 Å². The summed E-state index contributed by atoms with van der Waals surface area (Å²) in [7, 11) is 0. The monoisotopic (exact) mass is 470 g/mol. The number of nitrogens with zero attached hydrogens (tertiary/aromatic N) is 1. The van der Waals surface area contributed by atoms with E-state index in [2.05, 4.69) is 5.32 Å². The van der Waals surface area contributed by atoms with Crippen LogP contribution in [0.2, 0.25) is 0 Å². The number of anilines is 1. The molecule has 2 aromatic carbocycles. The van der Waals surface area contributed by atoms with Crippen molar-refractivity contribution in [3.63, 3.8) is 0 Å². The van der Waals surface area contributed by atoms with E-state index in [4.69, 9.17) is 4.74 Å². The van der Waals surface area contributed by atoms with Gasteiger partial charge in [0.1, 0.15) is 11.6 Å². The second kappa shape index (κ2) is 9.97. The largest absolute Gasteiger partial charge is 0.455 e. The number of amides is 2. The minimum atomic E-state index is -4.50. The molecule has 1 heterocycles. The Balaban J connectivity index is 1.45. The van der Waals surface area contributed by atoms with E-state index < -0.39 is 53.7 Å². The zero-order chi connectivity index (χ0) is 24.2. The molecule has 176 valence electrons. The first-order valence-corrected chi connectivity index (χ1v) is 9.92. The number of piperidine rings is 1. The number of carbonyl (C=O) groups is 3. The van der Waals surface area contributed by atoms with Crippen molar-refractivity contribution in [2.24, 2.45) is 5.92 Å². The Morgan fingerprint density at radius 1 is 1.00 bits per heavy atom. The highest BCUT2D eigenvalue weighted by molar-refractivity contribution is 5.94. The number of benzene rings is 2. The van der Waals surface area contributed by atoms with Gasteiger partial charge in [-0.2, -0.15) is 13.2 Å². The fraction of sp³-hybridized carbons (Fsp3) is 0.318. The highest BCUT2D eigenvalue weighted by atomic mass is 19.4. The lowest BCUT2D eigenvalue weighted by Gasteiger charge is -2.31. The van der Waals surface area contributed by atoms with Gasteiger partial charge in [-0.05, 0) is 49.2 Å². The molecule has 0 unspecified atom stereocenters. The standard InChI is InChI=1S/C22H19F5N2O4/c23-16-5-6-18(17(24)11-16)28-19(30)12-33-21(32)14-7-9-29(10-8-14)20(31)13-1-3-15(4-2-13)22(25,26)27/h1-6,11,14H,7-10,12H2,(H,28,30). The first-order chi connectivity index (χ1) is 15.5. The van der Waals surface area contributed by atoms with E-state index in [-0.39, 0.29) is 37.2 Å². The number of carbonyl (C=O) groups excluding carboxylic acids is 3. The zero-order valence-electron chi connectivity index (χ0n) is 17.1. The molecule has 0 atom stereocenters. The van der Waals surface area contributed by atoms with Crippen molar-refractivity contribution in [2.45, 2.75) is 19.0 Å². The van der Waals surface area contributed by atoms with Crippen LogP contribution >= 0.6 is 0 Å². The summed E-state index contributed by atoms with van der Waals surface area (Å²) in [5.74, 6) is -4.26. The summed E-state index contributed by atoms with van der Waals surface area (Å²) in [6, 6.07) is 6.47. The van der Waals surface area contributed by atoms with Crippen LogP contribution in [0.15, 0.2) is 42.5 Å². The summed E-state index contributed by atoms with van der Waals surface area (Å²) in [5, 5.41) is 2.17. The highest BCUT2D eigenvalue weighted by Crippen LogP contribution is 2.29. The molecule has 0 radical (unpaired) electrons. The molecule has 1 N–H and O–H groups in total. The number of hydrogen-bond acceptors (Lipinski definition) is 4. The Kier molecular flexibility index (Phi) is 7.29. The average molecular weight is 470 g/mol. The molecule has 0 aromatic heterocycles. The molecule has 33 heavy (non-hydrogen) atoms. The number of hydrogen-bond donors (Lipinski definition) is 1. The second-order valence-electron chi connectivity index (χ2n) is 7.42. The van der Waals surface area contributed by atoms with Gasteiger partial charge in [-0.1, -0.05) is 0 Å². The van der Waals surface area contributed by atoms with Crippen molar-refractivity contribution < 1.29 is 41.1 Å². The summed E-state index contributed by atoms with van der Waals surface area (Å²) in [5.41, 5.74) is -1.01. The van der Waals surface area contributed by atoms with E-state index in [9.17, 15) is 36.3 Å². The summed E-state index contributed by atoms with van der Waals surface area (Å²) in [6.45, 7) is -0.292. The molecule has 3 rings (SSSR count). The molecule has 0 spiro atoms. The number of rotatable bonds is 5. The number of nitrogens with one attached hydrogen (secondary N) is 1. The fourth-order valence-corrected chi connectivity index (χ4v) is 3.33. The predicted octanol–water partition coefficient (Wildman–Crippen LogP) is 4.02. The maximum Gasteiger partial charge on any atom is 0.416 e. The first-order valence-electron chi connectivity index (χ1n) is 9.92. The van der Waals surface area contributed by atoms with E-state index in [0.29, 0.717) is 6.07 Å². The summed E-state index contributed by atoms with van der Waals surface area (Å²) >= 11 is 0. The Hall–Kier alpha value is -3.50. The molecule has 0 saturated carbocycles. The van der Waals surface area contributed by atoms with Crippen LogP contribution in [-0.4, -0.2) is 42.4 Å². The van der Waals surface area contributed by atoms with Crippen molar-refractivity contribution >= 4 is 23.5 Å². The summed E-state index contributed by atoms with van der Waals surface area (Å²) in [4.78, 5) is 38.0. The van der Waals surface area contributed by atoms with Gasteiger partial charge in [0.05, 0.1) is 17.2 Å². The lowest BCUT2D eigenvalue weighted by molar-refractivity contribution is -0.152. The van der Waals surface area contributed by atoms with Crippen molar-refractivity contribution in [3.05, 3.63) is 65.2 Å². The molecular weight excluding hydrogens is 451 g/mol. The van der Waals surface area contributed by atoms with Crippen molar-refractivity contribution in [1.82, 2.24) is 4.90 Å². The van der Waals surface area contributed by atoms with Crippen LogP contribution in [0.1, 0.15) is 28.8 Å². The summed E-state index contributed by atoms with van der Waals surface area (Å²) < 4.78 is 69.4. The molecule has 0 bridgehead atoms. The normalized spacial score (nSPS) is 14.6. The van der Waals surface area contributed by atoms with Crippen LogP contribution < -0.4 is 5.32 Å². The van der Waals surface area contributed by atoms with E-state index in [0.717, 1.165) is 36.4 Å². The topological polar surface area (TPSA) is 75.7 Å². The van der Waals surface area contributed by atoms with Gasteiger partial charge < -0.3 is 15.0 Å². The molecule has 1 aliphatic heterocycles. The van der Waals surface area contributed by atoms with Gasteiger partial charge in [-0.25, -0.2) is 8.78 Å². The molecular formula is C22H19F5N2O4. The zero-order valence-corrected chi connectivity index (χ0v) is 17.1. The Bertz CT molecular complexity index is 1030. The van der Waals surface area contributed by atoms with Gasteiger partial charge in [-0.3, -0.25) is 14.4 Å². The SMILES string of the molecule is O=C(COC(=O)C1CCN(C(=O)c2ccc(C(F)(F)F)cc2)CC1)Nc1ccc(F)cc1F. The molecule has 6 nitrogen and oxygen atoms in total. The van der Waals surface area contributed by atoms with Gasteiger partial charge >= 0.3 is 12.1 Å². The number of esters is 1. The number of halogens is 5. The van der Waals surface area contributed by atoms with E-state index >= 15 is 0 Å². The van der Waals surface area contributed by atoms with Crippen molar-refractivity contribution in [1.29, 1.82) is 0 Å². The van der Waals surface area contributed by atoms with Gasteiger partial charge in [0.15, 0.2) is 6.61 Å². The minimum absolute atomic E-state index is 0.105. The van der Waals surface area contributed by atoms with Crippen LogP contribution in [0.3, 0.4) is 0 Å². The van der Waals surface area contributed by atoms with Crippen molar-refractivity contribution in [2.75, 3.05) is 25.0 Å². The summed E-state index contributed by atoms with van der Waals surface area (Å²) in [6.07, 6.45) is -4.00. The molecule has 1 saturated heterocycles. The lowest BCUT2D eigenvalue weighted by atomic mass is 9.96. The average Bonchev–Trinajstić information content (AvgIpc) is 2.78.